The summed E-state index contributed by atoms with van der Waals surface area (Å²) in [6.07, 6.45) is 2.40. The maximum absolute atomic E-state index is 2.36. The second kappa shape index (κ2) is 6.03. The van der Waals surface area contributed by atoms with Crippen molar-refractivity contribution in [3.8, 4) is 0 Å². The third kappa shape index (κ3) is 2.43. The fraction of sp³-hybridized carbons (Fsp3) is 0.462. The van der Waals surface area contributed by atoms with Gasteiger partial charge >= 0.3 is 29.6 Å². The summed E-state index contributed by atoms with van der Waals surface area (Å²) in [6, 6.07) is 0. The molecule has 0 aliphatic carbocycles. The van der Waals surface area contributed by atoms with Gasteiger partial charge in [0.25, 0.3) is 0 Å². The van der Waals surface area contributed by atoms with E-state index in [1.807, 2.05) is 0 Å². The molecule has 0 aliphatic heterocycles. The third-order valence-electron chi connectivity index (χ3n) is 3.13. The van der Waals surface area contributed by atoms with E-state index >= 15 is 0 Å². The van der Waals surface area contributed by atoms with Crippen molar-refractivity contribution < 1.29 is 29.6 Å². The van der Waals surface area contributed by atoms with Crippen LogP contribution in [0.2, 0.25) is 0 Å². The van der Waals surface area contributed by atoms with Gasteiger partial charge in [0.05, 0.1) is 0 Å². The quantitative estimate of drug-likeness (QED) is 0.726. The van der Waals surface area contributed by atoms with Crippen LogP contribution in [0.5, 0.6) is 0 Å². The third-order valence-corrected chi connectivity index (χ3v) is 6.21. The van der Waals surface area contributed by atoms with E-state index in [1.165, 1.54) is 40.4 Å². The first kappa shape index (κ1) is 14.7. The first-order chi connectivity index (χ1) is 7.19. The first-order valence-corrected chi connectivity index (χ1v) is 7.45. The van der Waals surface area contributed by atoms with Crippen molar-refractivity contribution in [1.82, 2.24) is 0 Å². The molecule has 0 saturated heterocycles. The molecule has 0 fully saturated rings. The predicted molar refractivity (Wildman–Crippen MR) is 72.8 cm³/mol. The van der Waals surface area contributed by atoms with E-state index in [1.54, 1.807) is 21.1 Å². The van der Waals surface area contributed by atoms with Crippen LogP contribution in [-0.4, -0.2) is 0 Å². The largest absolute Gasteiger partial charge is 1.00 e. The van der Waals surface area contributed by atoms with Crippen molar-refractivity contribution in [1.29, 1.82) is 0 Å². The molecule has 0 N–H and O–H groups in total. The van der Waals surface area contributed by atoms with Gasteiger partial charge in [-0.05, 0) is 36.7 Å². The molecule has 3 heteroatoms. The van der Waals surface area contributed by atoms with E-state index in [-0.39, 0.29) is 29.6 Å². The normalized spacial score (nSPS) is 11.5. The van der Waals surface area contributed by atoms with Crippen LogP contribution in [-0.2, 0) is 12.8 Å². The molecule has 0 radical (unpaired) electrons. The number of aryl methyl sites for hydroxylation is 4. The minimum absolute atomic E-state index is 0. The first-order valence-electron chi connectivity index (χ1n) is 5.59. The van der Waals surface area contributed by atoms with Gasteiger partial charge < -0.3 is 8.19 Å². The molecule has 0 aromatic carbocycles. The van der Waals surface area contributed by atoms with Gasteiger partial charge in [-0.3, -0.25) is 0 Å². The molecule has 2 rings (SSSR count). The average molecular weight is 258 g/mol. The van der Waals surface area contributed by atoms with Crippen LogP contribution in [0.4, 0.5) is 0 Å². The van der Waals surface area contributed by atoms with Gasteiger partial charge in [0.2, 0.25) is 0 Å². The summed E-state index contributed by atoms with van der Waals surface area (Å²) in [6.45, 7) is 9.07. The molecule has 0 aliphatic rings. The Bertz CT molecular complexity index is 500. The topological polar surface area (TPSA) is 0 Å². The van der Waals surface area contributed by atoms with Crippen LogP contribution in [0.25, 0.3) is 10.2 Å². The minimum atomic E-state index is 0. The fourth-order valence-electron chi connectivity index (χ4n) is 2.04. The average Bonchev–Trinajstić information content (AvgIpc) is 2.61. The molecule has 2 aromatic rings. The summed E-state index contributed by atoms with van der Waals surface area (Å²) in [7, 11) is 2.91. The second-order valence-corrected chi connectivity index (χ2v) is 6.18. The molecular formula is C13H17NaP2. The van der Waals surface area contributed by atoms with E-state index in [0.29, 0.717) is 0 Å². The maximum atomic E-state index is 2.36. The van der Waals surface area contributed by atoms with Crippen molar-refractivity contribution in [3.05, 3.63) is 27.8 Å². The van der Waals surface area contributed by atoms with Crippen LogP contribution in [0.1, 0.15) is 35.8 Å². The Labute approximate surface area is 124 Å². The summed E-state index contributed by atoms with van der Waals surface area (Å²) < 4.78 is 0. The van der Waals surface area contributed by atoms with Gasteiger partial charge in [-0.25, -0.2) is 5.30 Å². The Balaban J connectivity index is 0.00000128. The molecule has 0 bridgehead atoms. The standard InChI is InChI=1S/C13H17P2.Na/c1-5-10-11(6-2)15-12-9(4)8(3)7-14-13(10)12;/h7H,5-6H2,1-4H3;/q-1;+1. The van der Waals surface area contributed by atoms with Gasteiger partial charge in [-0.15, -0.1) is 0 Å². The summed E-state index contributed by atoms with van der Waals surface area (Å²) in [5, 5.41) is 4.86. The van der Waals surface area contributed by atoms with Gasteiger partial charge in [0.15, 0.2) is 0 Å². The fourth-order valence-corrected chi connectivity index (χ4v) is 5.13. The molecule has 0 saturated carbocycles. The number of rotatable bonds is 2. The molecule has 0 nitrogen and oxygen atoms in total. The summed E-state index contributed by atoms with van der Waals surface area (Å²) in [5.41, 5.74) is 4.62. The number of fused-ring (bicyclic) bond motifs is 1. The Morgan fingerprint density at radius 1 is 1.19 bits per heavy atom. The van der Waals surface area contributed by atoms with Crippen molar-refractivity contribution in [2.75, 3.05) is 0 Å². The zero-order valence-electron chi connectivity index (χ0n) is 10.9. The monoisotopic (exact) mass is 258 g/mol. The second-order valence-electron chi connectivity index (χ2n) is 4.01. The van der Waals surface area contributed by atoms with E-state index in [2.05, 4.69) is 33.5 Å². The van der Waals surface area contributed by atoms with Crippen LogP contribution in [0.3, 0.4) is 0 Å². The van der Waals surface area contributed by atoms with Crippen molar-refractivity contribution in [2.24, 2.45) is 0 Å². The maximum Gasteiger partial charge on any atom is 1.00 e. The molecule has 2 aromatic heterocycles. The summed E-state index contributed by atoms with van der Waals surface area (Å²) in [4.78, 5) is 0. The van der Waals surface area contributed by atoms with Crippen LogP contribution < -0.4 is 29.6 Å². The molecular weight excluding hydrogens is 241 g/mol. The van der Waals surface area contributed by atoms with Gasteiger partial charge in [0.1, 0.15) is 0 Å². The molecule has 16 heavy (non-hydrogen) atoms. The minimum Gasteiger partial charge on any atom is -0.518 e. The Morgan fingerprint density at radius 2 is 1.88 bits per heavy atom. The van der Waals surface area contributed by atoms with Crippen molar-refractivity contribution in [2.45, 2.75) is 40.5 Å². The van der Waals surface area contributed by atoms with Gasteiger partial charge in [-0.2, -0.15) is 5.12 Å². The smallest absolute Gasteiger partial charge is 0.518 e. The zero-order chi connectivity index (χ0) is 11.0. The number of hydrogen-bond acceptors (Lipinski definition) is 0. The van der Waals surface area contributed by atoms with E-state index in [0.717, 1.165) is 0 Å². The van der Waals surface area contributed by atoms with Gasteiger partial charge in [0, 0.05) is 0 Å². The Morgan fingerprint density at radius 3 is 2.44 bits per heavy atom. The molecule has 80 valence electrons. The molecule has 0 unspecified atom stereocenters. The van der Waals surface area contributed by atoms with Crippen molar-refractivity contribution in [3.63, 3.8) is 0 Å². The van der Waals surface area contributed by atoms with Crippen LogP contribution >= 0.6 is 16.4 Å². The molecule has 0 amide bonds. The van der Waals surface area contributed by atoms with Crippen molar-refractivity contribution >= 4 is 26.6 Å². The van der Waals surface area contributed by atoms with E-state index in [9.17, 15) is 0 Å². The summed E-state index contributed by atoms with van der Waals surface area (Å²) in [5.74, 6) is 2.36. The molecule has 0 atom stereocenters. The predicted octanol–water partition coefficient (Wildman–Crippen LogP) is 2.46. The molecule has 0 spiro atoms. The van der Waals surface area contributed by atoms with E-state index in [4.69, 9.17) is 0 Å². The SMILES string of the molecule is CCc1[p-]c2c(C)c(C)cpc2c1CC.[Na+]. The zero-order valence-corrected chi connectivity index (χ0v) is 14.7. The van der Waals surface area contributed by atoms with Crippen LogP contribution in [0.15, 0.2) is 5.80 Å². The van der Waals surface area contributed by atoms with E-state index < -0.39 is 0 Å². The summed E-state index contributed by atoms with van der Waals surface area (Å²) >= 11 is 0. The van der Waals surface area contributed by atoms with Crippen LogP contribution in [0, 0.1) is 13.8 Å². The number of hydrogen-bond donors (Lipinski definition) is 0. The Kier molecular flexibility index (Phi) is 5.56. The molecule has 2 heterocycles. The Hall–Kier alpha value is 0.690. The van der Waals surface area contributed by atoms with Gasteiger partial charge in [-0.1, -0.05) is 39.6 Å².